The number of nitrogens with zero attached hydrogens (tertiary/aromatic N) is 3. The first-order valence-electron chi connectivity index (χ1n) is 11.1. The highest BCUT2D eigenvalue weighted by atomic mass is 16.4. The Morgan fingerprint density at radius 1 is 1.03 bits per heavy atom. The number of hydrogen-bond acceptors (Lipinski definition) is 4. The zero-order valence-electron chi connectivity index (χ0n) is 18.0. The van der Waals surface area contributed by atoms with Crippen molar-refractivity contribution in [3.63, 3.8) is 0 Å². The minimum atomic E-state index is 0.0362. The molecule has 1 aromatic heterocycles. The first-order chi connectivity index (χ1) is 15.1. The van der Waals surface area contributed by atoms with Crippen LogP contribution in [0.2, 0.25) is 0 Å². The van der Waals surface area contributed by atoms with Crippen molar-refractivity contribution in [3.8, 4) is 0 Å². The van der Waals surface area contributed by atoms with Gasteiger partial charge in [0.15, 0.2) is 5.89 Å². The molecule has 0 aliphatic carbocycles. The average molecular weight is 416 g/mol. The molecule has 1 unspecified atom stereocenters. The van der Waals surface area contributed by atoms with Crippen LogP contribution < -0.4 is 0 Å². The number of hydrogen-bond donors (Lipinski definition) is 0. The quantitative estimate of drug-likeness (QED) is 0.610. The van der Waals surface area contributed by atoms with Crippen LogP contribution in [-0.2, 0) is 17.8 Å². The van der Waals surface area contributed by atoms with Crippen molar-refractivity contribution in [1.29, 1.82) is 0 Å². The fraction of sp³-hybridized carbons (Fsp3) is 0.385. The van der Waals surface area contributed by atoms with Gasteiger partial charge in [0.25, 0.3) is 0 Å². The monoisotopic (exact) mass is 415 g/mol. The summed E-state index contributed by atoms with van der Waals surface area (Å²) in [6.07, 6.45) is 3.17. The number of carbonyl (C=O) groups is 1. The topological polar surface area (TPSA) is 49.6 Å². The molecule has 0 saturated carbocycles. The molecule has 2 saturated heterocycles. The summed E-state index contributed by atoms with van der Waals surface area (Å²) in [6.45, 7) is 6.33. The summed E-state index contributed by atoms with van der Waals surface area (Å²) in [5.74, 6) is 2.15. The third-order valence-electron chi connectivity index (χ3n) is 6.74. The molecule has 3 aromatic rings. The number of amides is 1. The van der Waals surface area contributed by atoms with Crippen LogP contribution in [0.5, 0.6) is 0 Å². The zero-order valence-corrected chi connectivity index (χ0v) is 18.0. The molecule has 1 amide bonds. The van der Waals surface area contributed by atoms with Gasteiger partial charge in [0, 0.05) is 44.6 Å². The Balaban J connectivity index is 1.26. The van der Waals surface area contributed by atoms with Crippen molar-refractivity contribution in [2.24, 2.45) is 5.41 Å². The minimum Gasteiger partial charge on any atom is -0.446 e. The van der Waals surface area contributed by atoms with Crippen LogP contribution >= 0.6 is 0 Å². The molecule has 5 nitrogen and oxygen atoms in total. The van der Waals surface area contributed by atoms with Gasteiger partial charge < -0.3 is 9.32 Å². The lowest BCUT2D eigenvalue weighted by molar-refractivity contribution is -0.143. The normalized spacial score (nSPS) is 20.2. The van der Waals surface area contributed by atoms with Crippen molar-refractivity contribution >= 4 is 5.91 Å². The Labute approximate surface area is 183 Å². The summed E-state index contributed by atoms with van der Waals surface area (Å²) in [7, 11) is 0. The first-order valence-corrected chi connectivity index (χ1v) is 11.1. The third-order valence-corrected chi connectivity index (χ3v) is 6.74. The number of oxazole rings is 1. The molecule has 2 aliphatic heterocycles. The molecule has 2 fully saturated rings. The van der Waals surface area contributed by atoms with Gasteiger partial charge in [0.05, 0.1) is 12.1 Å². The number of rotatable bonds is 6. The minimum absolute atomic E-state index is 0.0362. The predicted molar refractivity (Wildman–Crippen MR) is 119 cm³/mol. The van der Waals surface area contributed by atoms with Gasteiger partial charge in [-0.3, -0.25) is 9.69 Å². The van der Waals surface area contributed by atoms with E-state index in [9.17, 15) is 4.79 Å². The molecule has 2 aromatic carbocycles. The number of benzene rings is 2. The highest BCUT2D eigenvalue weighted by molar-refractivity contribution is 5.77. The molecule has 5 heteroatoms. The van der Waals surface area contributed by atoms with E-state index in [1.807, 2.05) is 36.2 Å². The maximum atomic E-state index is 12.8. The third kappa shape index (κ3) is 4.15. The number of aromatic nitrogens is 1. The largest absolute Gasteiger partial charge is 0.446 e. The maximum absolute atomic E-state index is 12.8. The molecule has 0 radical (unpaired) electrons. The summed E-state index contributed by atoms with van der Waals surface area (Å²) in [5, 5.41) is 0. The average Bonchev–Trinajstić information content (AvgIpc) is 3.36. The highest BCUT2D eigenvalue weighted by Crippen LogP contribution is 2.49. The summed E-state index contributed by atoms with van der Waals surface area (Å²) in [4.78, 5) is 21.9. The van der Waals surface area contributed by atoms with Crippen molar-refractivity contribution in [2.75, 3.05) is 26.2 Å². The fourth-order valence-corrected chi connectivity index (χ4v) is 5.17. The Hall–Kier alpha value is -2.92. The van der Waals surface area contributed by atoms with Gasteiger partial charge >= 0.3 is 0 Å². The Kier molecular flexibility index (Phi) is 5.36. The van der Waals surface area contributed by atoms with Gasteiger partial charge in [-0.1, -0.05) is 60.7 Å². The van der Waals surface area contributed by atoms with Gasteiger partial charge in [0.1, 0.15) is 5.76 Å². The first kappa shape index (κ1) is 20.0. The summed E-state index contributed by atoms with van der Waals surface area (Å²) >= 11 is 0. The molecule has 0 bridgehead atoms. The van der Waals surface area contributed by atoms with Crippen LogP contribution in [0.25, 0.3) is 0 Å². The Bertz CT molecular complexity index is 1030. The standard InChI is InChI=1S/C26H29N3O2/c1-20-14-27-25(31-20)23-16-28(15-22-10-6-3-7-11-22)17-26(23)18-29(19-26)24(30)13-12-21-8-4-2-5-9-21/h2-11,14,23H,12-13,15-19H2,1H3. The van der Waals surface area contributed by atoms with Crippen LogP contribution in [0.4, 0.5) is 0 Å². The highest BCUT2D eigenvalue weighted by Gasteiger charge is 2.57. The van der Waals surface area contributed by atoms with Crippen molar-refractivity contribution < 1.29 is 9.21 Å². The zero-order chi connectivity index (χ0) is 21.3. The van der Waals surface area contributed by atoms with Crippen molar-refractivity contribution in [3.05, 3.63) is 89.6 Å². The molecule has 31 heavy (non-hydrogen) atoms. The van der Waals surface area contributed by atoms with Gasteiger partial charge in [-0.25, -0.2) is 4.98 Å². The van der Waals surface area contributed by atoms with Crippen molar-refractivity contribution in [2.45, 2.75) is 32.2 Å². The van der Waals surface area contributed by atoms with E-state index in [0.29, 0.717) is 6.42 Å². The second-order valence-corrected chi connectivity index (χ2v) is 9.11. The second-order valence-electron chi connectivity index (χ2n) is 9.11. The van der Waals surface area contributed by atoms with Crippen LogP contribution in [-0.4, -0.2) is 46.9 Å². The van der Waals surface area contributed by atoms with E-state index in [4.69, 9.17) is 4.42 Å². The lowest BCUT2D eigenvalue weighted by Crippen LogP contribution is -2.61. The summed E-state index contributed by atoms with van der Waals surface area (Å²) < 4.78 is 5.96. The molecule has 1 atom stereocenters. The lowest BCUT2D eigenvalue weighted by Gasteiger charge is -2.50. The molecule has 3 heterocycles. The molecular formula is C26H29N3O2. The fourth-order valence-electron chi connectivity index (χ4n) is 5.17. The second kappa shape index (κ2) is 8.31. The van der Waals surface area contributed by atoms with Crippen LogP contribution in [0.3, 0.4) is 0 Å². The Morgan fingerprint density at radius 3 is 2.35 bits per heavy atom. The van der Waals surface area contributed by atoms with E-state index in [2.05, 4.69) is 52.3 Å². The lowest BCUT2D eigenvalue weighted by atomic mass is 9.71. The maximum Gasteiger partial charge on any atom is 0.222 e. The van der Waals surface area contributed by atoms with Crippen molar-refractivity contribution in [1.82, 2.24) is 14.8 Å². The van der Waals surface area contributed by atoms with E-state index in [1.54, 1.807) is 0 Å². The number of carbonyl (C=O) groups excluding carboxylic acids is 1. The Morgan fingerprint density at radius 2 is 1.71 bits per heavy atom. The predicted octanol–water partition coefficient (Wildman–Crippen LogP) is 4.04. The van der Waals surface area contributed by atoms with E-state index in [1.165, 1.54) is 11.1 Å². The van der Waals surface area contributed by atoms with Crippen LogP contribution in [0.15, 0.2) is 71.3 Å². The number of likely N-dealkylation sites (tertiary alicyclic amines) is 2. The summed E-state index contributed by atoms with van der Waals surface area (Å²) in [6, 6.07) is 20.8. The number of aryl methyl sites for hydroxylation is 2. The molecule has 2 aliphatic rings. The van der Waals surface area contributed by atoms with Gasteiger partial charge in [-0.2, -0.15) is 0 Å². The van der Waals surface area contributed by atoms with Crippen LogP contribution in [0, 0.1) is 12.3 Å². The van der Waals surface area contributed by atoms with Gasteiger partial charge in [-0.15, -0.1) is 0 Å². The smallest absolute Gasteiger partial charge is 0.222 e. The van der Waals surface area contributed by atoms with Crippen LogP contribution in [0.1, 0.15) is 35.1 Å². The van der Waals surface area contributed by atoms with E-state index < -0.39 is 0 Å². The molecule has 1 spiro atoms. The molecule has 0 N–H and O–H groups in total. The SMILES string of the molecule is Cc1cnc(C2CN(Cc3ccccc3)CC23CN(C(=O)CCc2ccccc2)C3)o1. The molecular weight excluding hydrogens is 386 g/mol. The molecule has 5 rings (SSSR count). The van der Waals surface area contributed by atoms with Gasteiger partial charge in [-0.05, 0) is 24.5 Å². The van der Waals surface area contributed by atoms with Gasteiger partial charge in [0.2, 0.25) is 5.91 Å². The van der Waals surface area contributed by atoms with E-state index >= 15 is 0 Å². The van der Waals surface area contributed by atoms with E-state index in [0.717, 1.165) is 50.8 Å². The molecule has 160 valence electrons. The van der Waals surface area contributed by atoms with E-state index in [-0.39, 0.29) is 17.2 Å². The summed E-state index contributed by atoms with van der Waals surface area (Å²) in [5.41, 5.74) is 2.57.